The van der Waals surface area contributed by atoms with Crippen molar-refractivity contribution in [3.8, 4) is 56.4 Å². The predicted molar refractivity (Wildman–Crippen MR) is 149 cm³/mol. The molecule has 2 heterocycles. The number of phenolic OH excluding ortho intramolecular Hbond substituents is 2. The summed E-state index contributed by atoms with van der Waals surface area (Å²) in [6.45, 7) is 0. The molecule has 0 unspecified atom stereocenters. The van der Waals surface area contributed by atoms with E-state index < -0.39 is 0 Å². The number of hydrogen-bond acceptors (Lipinski definition) is 2. The SMILES string of the molecule is Oc1ccc(-[n+]2ccc(-c3cc[n+](-c4ccc(O)c(-c5ccccc5)c4)cc3)cc2-c2ccccc2)cc1. The first-order valence-electron chi connectivity index (χ1n) is 12.5. The summed E-state index contributed by atoms with van der Waals surface area (Å²) in [5.41, 5.74) is 8.07. The average molecular weight is 495 g/mol. The molecule has 6 rings (SSSR count). The van der Waals surface area contributed by atoms with Gasteiger partial charge in [-0.2, -0.15) is 9.13 Å². The van der Waals surface area contributed by atoms with E-state index >= 15 is 0 Å². The first-order valence-corrected chi connectivity index (χ1v) is 12.5. The molecule has 0 amide bonds. The van der Waals surface area contributed by atoms with Gasteiger partial charge in [0.2, 0.25) is 17.1 Å². The van der Waals surface area contributed by atoms with Crippen LogP contribution in [-0.2, 0) is 0 Å². The van der Waals surface area contributed by atoms with E-state index in [1.54, 1.807) is 18.2 Å². The molecule has 2 aromatic heterocycles. The van der Waals surface area contributed by atoms with Crippen LogP contribution in [0.1, 0.15) is 0 Å². The predicted octanol–water partition coefficient (Wildman–Crippen LogP) is 6.65. The second-order valence-corrected chi connectivity index (χ2v) is 9.11. The zero-order chi connectivity index (χ0) is 25.9. The molecule has 0 aliphatic carbocycles. The van der Waals surface area contributed by atoms with Crippen molar-refractivity contribution in [1.29, 1.82) is 0 Å². The van der Waals surface area contributed by atoms with Gasteiger partial charge >= 0.3 is 0 Å². The van der Waals surface area contributed by atoms with Crippen molar-refractivity contribution in [3.05, 3.63) is 146 Å². The monoisotopic (exact) mass is 494 g/mol. The fourth-order valence-electron chi connectivity index (χ4n) is 4.67. The lowest BCUT2D eigenvalue weighted by Crippen LogP contribution is -2.33. The fraction of sp³-hybridized carbons (Fsp3) is 0. The van der Waals surface area contributed by atoms with E-state index in [2.05, 4.69) is 47.2 Å². The van der Waals surface area contributed by atoms with Gasteiger partial charge in [-0.25, -0.2) is 0 Å². The molecule has 38 heavy (non-hydrogen) atoms. The van der Waals surface area contributed by atoms with E-state index in [0.29, 0.717) is 0 Å². The maximum absolute atomic E-state index is 10.4. The molecule has 6 aromatic rings. The lowest BCUT2D eigenvalue weighted by molar-refractivity contribution is -0.595. The van der Waals surface area contributed by atoms with Crippen LogP contribution in [0, 0.1) is 0 Å². The number of aromatic nitrogens is 2. The highest BCUT2D eigenvalue weighted by Crippen LogP contribution is 2.30. The molecule has 0 aliphatic heterocycles. The van der Waals surface area contributed by atoms with Gasteiger partial charge in [-0.15, -0.1) is 0 Å². The maximum Gasteiger partial charge on any atom is 0.219 e. The molecule has 0 saturated carbocycles. The van der Waals surface area contributed by atoms with Crippen molar-refractivity contribution < 1.29 is 19.3 Å². The second kappa shape index (κ2) is 10.0. The minimum absolute atomic E-state index is 0.245. The minimum Gasteiger partial charge on any atom is -0.508 e. The molecule has 4 aromatic carbocycles. The first kappa shape index (κ1) is 23.2. The Balaban J connectivity index is 1.37. The third-order valence-corrected chi connectivity index (χ3v) is 6.68. The quantitative estimate of drug-likeness (QED) is 0.264. The lowest BCUT2D eigenvalue weighted by atomic mass is 10.0. The molecular formula is C34H26N2O2+2. The Morgan fingerprint density at radius 2 is 1.05 bits per heavy atom. The van der Waals surface area contributed by atoms with Gasteiger partial charge in [0.05, 0.1) is 0 Å². The van der Waals surface area contributed by atoms with Gasteiger partial charge in [0, 0.05) is 59.7 Å². The third-order valence-electron chi connectivity index (χ3n) is 6.68. The molecule has 4 nitrogen and oxygen atoms in total. The van der Waals surface area contributed by atoms with Gasteiger partial charge in [0.15, 0.2) is 18.6 Å². The molecule has 182 valence electrons. The summed E-state index contributed by atoms with van der Waals surface area (Å²) in [6.07, 6.45) is 6.15. The van der Waals surface area contributed by atoms with Crippen molar-refractivity contribution in [3.63, 3.8) is 0 Å². The van der Waals surface area contributed by atoms with Crippen molar-refractivity contribution in [2.75, 3.05) is 0 Å². The van der Waals surface area contributed by atoms with Gasteiger partial charge in [-0.3, -0.25) is 0 Å². The minimum atomic E-state index is 0.245. The van der Waals surface area contributed by atoms with Crippen LogP contribution in [0.4, 0.5) is 0 Å². The highest BCUT2D eigenvalue weighted by Gasteiger charge is 2.18. The van der Waals surface area contributed by atoms with Gasteiger partial charge in [0.1, 0.15) is 11.5 Å². The Labute approximate surface area is 221 Å². The normalized spacial score (nSPS) is 10.8. The van der Waals surface area contributed by atoms with Crippen molar-refractivity contribution in [2.45, 2.75) is 0 Å². The van der Waals surface area contributed by atoms with Crippen LogP contribution in [-0.4, -0.2) is 10.2 Å². The molecule has 0 fully saturated rings. The molecule has 0 atom stereocenters. The van der Waals surface area contributed by atoms with E-state index in [0.717, 1.165) is 44.9 Å². The Morgan fingerprint density at radius 3 is 1.74 bits per heavy atom. The molecule has 0 bridgehead atoms. The smallest absolute Gasteiger partial charge is 0.219 e. The highest BCUT2D eigenvalue weighted by atomic mass is 16.3. The number of pyridine rings is 2. The molecule has 4 heteroatoms. The highest BCUT2D eigenvalue weighted by molar-refractivity contribution is 5.72. The number of phenols is 2. The number of rotatable bonds is 5. The van der Waals surface area contributed by atoms with Crippen LogP contribution >= 0.6 is 0 Å². The van der Waals surface area contributed by atoms with Crippen LogP contribution in [0.5, 0.6) is 11.5 Å². The maximum atomic E-state index is 10.4. The van der Waals surface area contributed by atoms with Gasteiger partial charge in [-0.05, 0) is 47.0 Å². The topological polar surface area (TPSA) is 48.2 Å². The first-order chi connectivity index (χ1) is 18.7. The van der Waals surface area contributed by atoms with Gasteiger partial charge in [0.25, 0.3) is 0 Å². The zero-order valence-corrected chi connectivity index (χ0v) is 20.6. The number of benzene rings is 4. The van der Waals surface area contributed by atoms with Crippen LogP contribution in [0.15, 0.2) is 146 Å². The Bertz CT molecular complexity index is 1700. The zero-order valence-electron chi connectivity index (χ0n) is 20.6. The van der Waals surface area contributed by atoms with Gasteiger partial charge in [-0.1, -0.05) is 48.5 Å². The molecule has 0 aliphatic rings. The summed E-state index contributed by atoms with van der Waals surface area (Å²) < 4.78 is 4.18. The summed E-state index contributed by atoms with van der Waals surface area (Å²) in [5.74, 6) is 0.506. The summed E-state index contributed by atoms with van der Waals surface area (Å²) in [7, 11) is 0. The van der Waals surface area contributed by atoms with Crippen LogP contribution < -0.4 is 9.13 Å². The van der Waals surface area contributed by atoms with Gasteiger partial charge < -0.3 is 10.2 Å². The Morgan fingerprint density at radius 1 is 0.447 bits per heavy atom. The number of nitrogens with zero attached hydrogens (tertiary/aromatic N) is 2. The average Bonchev–Trinajstić information content (AvgIpc) is 2.99. The van der Waals surface area contributed by atoms with Crippen molar-refractivity contribution in [1.82, 2.24) is 0 Å². The second-order valence-electron chi connectivity index (χ2n) is 9.11. The molecular weight excluding hydrogens is 468 g/mol. The third kappa shape index (κ3) is 4.63. The molecule has 0 spiro atoms. The fourth-order valence-corrected chi connectivity index (χ4v) is 4.67. The standard InChI is InChI=1S/C34H24N2O2/c37-31-14-11-29(12-15-31)36-22-19-28(23-33(36)27-9-5-2-6-10-27)25-17-20-35(21-18-25)30-13-16-34(38)32(24-30)26-7-3-1-4-8-26/h1-24H/p+2. The largest absolute Gasteiger partial charge is 0.508 e. The summed E-state index contributed by atoms with van der Waals surface area (Å²) in [6, 6.07) is 41.6. The van der Waals surface area contributed by atoms with Crippen molar-refractivity contribution >= 4 is 0 Å². The van der Waals surface area contributed by atoms with Crippen LogP contribution in [0.3, 0.4) is 0 Å². The van der Waals surface area contributed by atoms with E-state index in [4.69, 9.17) is 0 Å². The van der Waals surface area contributed by atoms with Crippen LogP contribution in [0.25, 0.3) is 44.9 Å². The number of aromatic hydroxyl groups is 2. The van der Waals surface area contributed by atoms with Crippen molar-refractivity contribution in [2.24, 2.45) is 0 Å². The van der Waals surface area contributed by atoms with E-state index in [1.807, 2.05) is 89.8 Å². The Hall–Kier alpha value is -5.22. The lowest BCUT2D eigenvalue weighted by Gasteiger charge is -2.08. The summed E-state index contributed by atoms with van der Waals surface area (Å²) in [4.78, 5) is 0. The number of hydrogen-bond donors (Lipinski definition) is 2. The summed E-state index contributed by atoms with van der Waals surface area (Å²) in [5, 5.41) is 20.2. The van der Waals surface area contributed by atoms with Crippen LogP contribution in [0.2, 0.25) is 0 Å². The Kier molecular flexibility index (Phi) is 6.12. The summed E-state index contributed by atoms with van der Waals surface area (Å²) >= 11 is 0. The molecule has 0 saturated heterocycles. The van der Waals surface area contributed by atoms with E-state index in [9.17, 15) is 10.2 Å². The van der Waals surface area contributed by atoms with E-state index in [-0.39, 0.29) is 11.5 Å². The van der Waals surface area contributed by atoms with E-state index in [1.165, 1.54) is 0 Å². The molecule has 0 radical (unpaired) electrons. The molecule has 2 N–H and O–H groups in total.